The van der Waals surface area contributed by atoms with E-state index >= 15 is 0 Å². The maximum absolute atomic E-state index is 12.3. The van der Waals surface area contributed by atoms with Gasteiger partial charge in [0.2, 0.25) is 5.91 Å². The number of para-hydroxylation sites is 2. The number of anilines is 1. The summed E-state index contributed by atoms with van der Waals surface area (Å²) in [4.78, 5) is 19.8. The molecular formula is C20H15N3O. The molecule has 0 saturated carbocycles. The second-order valence-corrected chi connectivity index (χ2v) is 5.49. The molecule has 4 rings (SSSR count). The highest BCUT2D eigenvalue weighted by atomic mass is 16.1. The van der Waals surface area contributed by atoms with Gasteiger partial charge in [0.15, 0.2) is 0 Å². The van der Waals surface area contributed by atoms with Crippen molar-refractivity contribution in [2.75, 3.05) is 5.32 Å². The maximum atomic E-state index is 12.3. The standard InChI is InChI=1S/C20H15N3O/c24-19(9-8-14-4-3-5-15-10-12-22-20(14)15)23-18-11-13-21-17-7-2-1-6-16(17)18/h1-13,22H,(H,21,23,24)/b9-8+. The molecule has 1 amide bonds. The summed E-state index contributed by atoms with van der Waals surface area (Å²) in [5.41, 5.74) is 3.62. The Morgan fingerprint density at radius 2 is 1.96 bits per heavy atom. The zero-order valence-corrected chi connectivity index (χ0v) is 12.9. The highest BCUT2D eigenvalue weighted by Crippen LogP contribution is 2.21. The molecule has 2 heterocycles. The largest absolute Gasteiger partial charge is 0.361 e. The third-order valence-electron chi connectivity index (χ3n) is 3.94. The van der Waals surface area contributed by atoms with E-state index < -0.39 is 0 Å². The van der Waals surface area contributed by atoms with Gasteiger partial charge in [0.05, 0.1) is 16.7 Å². The molecule has 4 aromatic rings. The van der Waals surface area contributed by atoms with E-state index in [9.17, 15) is 4.79 Å². The number of fused-ring (bicyclic) bond motifs is 2. The van der Waals surface area contributed by atoms with Crippen LogP contribution in [-0.4, -0.2) is 15.9 Å². The fourth-order valence-corrected chi connectivity index (χ4v) is 2.79. The van der Waals surface area contributed by atoms with Crippen molar-refractivity contribution < 1.29 is 4.79 Å². The van der Waals surface area contributed by atoms with Crippen molar-refractivity contribution in [3.8, 4) is 0 Å². The van der Waals surface area contributed by atoms with Crippen LogP contribution < -0.4 is 5.32 Å². The molecule has 116 valence electrons. The molecule has 0 aliphatic carbocycles. The molecule has 0 radical (unpaired) electrons. The normalized spacial score (nSPS) is 11.3. The van der Waals surface area contributed by atoms with E-state index in [1.54, 1.807) is 18.3 Å². The number of rotatable bonds is 3. The molecule has 0 unspecified atom stereocenters. The van der Waals surface area contributed by atoms with E-state index in [2.05, 4.69) is 15.3 Å². The number of aromatic nitrogens is 2. The first-order chi connectivity index (χ1) is 11.8. The number of nitrogens with one attached hydrogen (secondary N) is 2. The predicted molar refractivity (Wildman–Crippen MR) is 97.7 cm³/mol. The number of carbonyl (C=O) groups excluding carboxylic acids is 1. The summed E-state index contributed by atoms with van der Waals surface area (Å²) in [6.07, 6.45) is 6.95. The summed E-state index contributed by atoms with van der Waals surface area (Å²) in [6, 6.07) is 17.5. The molecule has 2 aromatic carbocycles. The van der Waals surface area contributed by atoms with E-state index in [0.29, 0.717) is 0 Å². The van der Waals surface area contributed by atoms with Crippen molar-refractivity contribution in [1.29, 1.82) is 0 Å². The predicted octanol–water partition coefficient (Wildman–Crippen LogP) is 4.37. The lowest BCUT2D eigenvalue weighted by Crippen LogP contribution is -2.08. The lowest BCUT2D eigenvalue weighted by atomic mass is 10.1. The SMILES string of the molecule is O=C(/C=C/c1cccc2cc[nH]c12)Nc1ccnc2ccccc12. The Balaban J connectivity index is 1.59. The molecule has 0 saturated heterocycles. The summed E-state index contributed by atoms with van der Waals surface area (Å²) < 4.78 is 0. The lowest BCUT2D eigenvalue weighted by molar-refractivity contribution is -0.111. The fraction of sp³-hybridized carbons (Fsp3) is 0. The molecule has 4 heteroatoms. The van der Waals surface area contributed by atoms with Gasteiger partial charge >= 0.3 is 0 Å². The van der Waals surface area contributed by atoms with Gasteiger partial charge in [-0.2, -0.15) is 0 Å². The van der Waals surface area contributed by atoms with Gasteiger partial charge < -0.3 is 10.3 Å². The molecule has 2 aromatic heterocycles. The topological polar surface area (TPSA) is 57.8 Å². The zero-order valence-electron chi connectivity index (χ0n) is 12.9. The van der Waals surface area contributed by atoms with Crippen LogP contribution in [0.1, 0.15) is 5.56 Å². The van der Waals surface area contributed by atoms with Crippen LogP contribution in [0.15, 0.2) is 73.1 Å². The van der Waals surface area contributed by atoms with E-state index in [1.165, 1.54) is 0 Å². The van der Waals surface area contributed by atoms with Crippen molar-refractivity contribution in [3.63, 3.8) is 0 Å². The third-order valence-corrected chi connectivity index (χ3v) is 3.94. The first-order valence-corrected chi connectivity index (χ1v) is 7.70. The van der Waals surface area contributed by atoms with Gasteiger partial charge in [0.1, 0.15) is 0 Å². The van der Waals surface area contributed by atoms with Gasteiger partial charge in [-0.05, 0) is 35.2 Å². The van der Waals surface area contributed by atoms with Crippen LogP contribution in [0.5, 0.6) is 0 Å². The second kappa shape index (κ2) is 6.01. The van der Waals surface area contributed by atoms with Crippen LogP contribution in [0, 0.1) is 0 Å². The number of H-pyrrole nitrogens is 1. The number of hydrogen-bond donors (Lipinski definition) is 2. The first-order valence-electron chi connectivity index (χ1n) is 7.70. The van der Waals surface area contributed by atoms with Crippen LogP contribution in [-0.2, 0) is 4.79 Å². The van der Waals surface area contributed by atoms with Gasteiger partial charge in [-0.1, -0.05) is 36.4 Å². The molecule has 0 bridgehead atoms. The second-order valence-electron chi connectivity index (χ2n) is 5.49. The van der Waals surface area contributed by atoms with Gasteiger partial charge in [0, 0.05) is 23.9 Å². The molecule has 0 fully saturated rings. The average molecular weight is 313 g/mol. The Hall–Kier alpha value is -3.40. The summed E-state index contributed by atoms with van der Waals surface area (Å²) >= 11 is 0. The minimum atomic E-state index is -0.171. The van der Waals surface area contributed by atoms with E-state index in [4.69, 9.17) is 0 Å². The minimum absolute atomic E-state index is 0.171. The minimum Gasteiger partial charge on any atom is -0.361 e. The van der Waals surface area contributed by atoms with Gasteiger partial charge in [-0.25, -0.2) is 0 Å². The fourth-order valence-electron chi connectivity index (χ4n) is 2.79. The van der Waals surface area contributed by atoms with Gasteiger partial charge in [-0.3, -0.25) is 9.78 Å². The maximum Gasteiger partial charge on any atom is 0.248 e. The van der Waals surface area contributed by atoms with Crippen molar-refractivity contribution in [3.05, 3.63) is 78.6 Å². The quantitative estimate of drug-likeness (QED) is 0.552. The molecular weight excluding hydrogens is 298 g/mol. The van der Waals surface area contributed by atoms with Crippen LogP contribution in [0.3, 0.4) is 0 Å². The van der Waals surface area contributed by atoms with E-state index in [-0.39, 0.29) is 5.91 Å². The van der Waals surface area contributed by atoms with Crippen LogP contribution >= 0.6 is 0 Å². The molecule has 0 aliphatic rings. The summed E-state index contributed by atoms with van der Waals surface area (Å²) in [7, 11) is 0. The molecule has 0 spiro atoms. The smallest absolute Gasteiger partial charge is 0.248 e. The number of nitrogens with zero attached hydrogens (tertiary/aromatic N) is 1. The third kappa shape index (κ3) is 2.65. The number of benzene rings is 2. The van der Waals surface area contributed by atoms with Crippen molar-refractivity contribution in [2.45, 2.75) is 0 Å². The Morgan fingerprint density at radius 3 is 2.92 bits per heavy atom. The Bertz CT molecular complexity index is 1060. The molecule has 4 nitrogen and oxygen atoms in total. The zero-order chi connectivity index (χ0) is 16.4. The summed E-state index contributed by atoms with van der Waals surface area (Å²) in [5.74, 6) is -0.171. The average Bonchev–Trinajstić information content (AvgIpc) is 3.09. The van der Waals surface area contributed by atoms with E-state index in [0.717, 1.165) is 33.1 Å². The number of hydrogen-bond acceptors (Lipinski definition) is 2. The highest BCUT2D eigenvalue weighted by molar-refractivity contribution is 6.07. The Labute approximate surface area is 138 Å². The number of amides is 1. The number of carbonyl (C=O) groups is 1. The molecule has 24 heavy (non-hydrogen) atoms. The Morgan fingerprint density at radius 1 is 1.04 bits per heavy atom. The lowest BCUT2D eigenvalue weighted by Gasteiger charge is -2.06. The molecule has 2 N–H and O–H groups in total. The summed E-state index contributed by atoms with van der Waals surface area (Å²) in [5, 5.41) is 4.97. The van der Waals surface area contributed by atoms with Crippen LogP contribution in [0.25, 0.3) is 27.9 Å². The first kappa shape index (κ1) is 14.2. The van der Waals surface area contributed by atoms with Crippen molar-refractivity contribution in [1.82, 2.24) is 9.97 Å². The van der Waals surface area contributed by atoms with Crippen molar-refractivity contribution in [2.24, 2.45) is 0 Å². The Kier molecular flexibility index (Phi) is 3.56. The number of aromatic amines is 1. The van der Waals surface area contributed by atoms with Crippen LogP contribution in [0.2, 0.25) is 0 Å². The van der Waals surface area contributed by atoms with E-state index in [1.807, 2.05) is 60.8 Å². The van der Waals surface area contributed by atoms with Crippen molar-refractivity contribution >= 4 is 39.5 Å². The summed E-state index contributed by atoms with van der Waals surface area (Å²) in [6.45, 7) is 0. The number of pyridine rings is 1. The van der Waals surface area contributed by atoms with Gasteiger partial charge in [0.25, 0.3) is 0 Å². The van der Waals surface area contributed by atoms with Crippen LogP contribution in [0.4, 0.5) is 5.69 Å². The van der Waals surface area contributed by atoms with Gasteiger partial charge in [-0.15, -0.1) is 0 Å². The molecule has 0 atom stereocenters. The highest BCUT2D eigenvalue weighted by Gasteiger charge is 2.04. The molecule has 0 aliphatic heterocycles. The monoisotopic (exact) mass is 313 g/mol.